The Morgan fingerprint density at radius 2 is 1.64 bits per heavy atom. The Morgan fingerprint density at radius 3 is 2.32 bits per heavy atom. The van der Waals surface area contributed by atoms with Crippen LogP contribution in [0.1, 0.15) is 27.6 Å². The lowest BCUT2D eigenvalue weighted by atomic mass is 10.2. The fourth-order valence-corrected chi connectivity index (χ4v) is 2.37. The third-order valence-corrected chi connectivity index (χ3v) is 3.85. The van der Waals surface area contributed by atoms with Crippen LogP contribution in [0.15, 0.2) is 71.8 Å². The summed E-state index contributed by atoms with van der Waals surface area (Å²) in [6.07, 6.45) is 5.75. The molecule has 8 heteroatoms. The molecule has 1 atom stereocenters. The zero-order valence-corrected chi connectivity index (χ0v) is 15.0. The van der Waals surface area contributed by atoms with E-state index in [1.165, 1.54) is 31.0 Å². The SMILES string of the molecule is C[C@H](NC(=O)c1ccoc1)C(=O)Nc1cccc(NC(=O)c2ccncc2)c1. The number of carbonyl (C=O) groups excluding carboxylic acids is 3. The first-order valence-electron chi connectivity index (χ1n) is 8.48. The molecular formula is C20H18N4O4. The zero-order valence-electron chi connectivity index (χ0n) is 15.0. The number of furan rings is 1. The number of aromatic nitrogens is 1. The molecule has 1 aromatic carbocycles. The zero-order chi connectivity index (χ0) is 19.9. The second-order valence-electron chi connectivity index (χ2n) is 5.97. The quantitative estimate of drug-likeness (QED) is 0.610. The lowest BCUT2D eigenvalue weighted by molar-refractivity contribution is -0.117. The molecule has 3 N–H and O–H groups in total. The molecule has 3 aromatic rings. The van der Waals surface area contributed by atoms with Crippen molar-refractivity contribution < 1.29 is 18.8 Å². The van der Waals surface area contributed by atoms with Gasteiger partial charge in [0.1, 0.15) is 12.3 Å². The Labute approximate surface area is 161 Å². The molecule has 0 spiro atoms. The predicted molar refractivity (Wildman–Crippen MR) is 103 cm³/mol. The summed E-state index contributed by atoms with van der Waals surface area (Å²) in [4.78, 5) is 40.4. The number of benzene rings is 1. The first-order valence-corrected chi connectivity index (χ1v) is 8.48. The Morgan fingerprint density at radius 1 is 0.929 bits per heavy atom. The summed E-state index contributed by atoms with van der Waals surface area (Å²) in [7, 11) is 0. The standard InChI is InChI=1S/C20H18N4O4/c1-13(22-20(27)15-7-10-28-12-15)18(25)23-16-3-2-4-17(11-16)24-19(26)14-5-8-21-9-6-14/h2-13H,1H3,(H,22,27)(H,23,25)(H,24,26)/t13-/m0/s1. The summed E-state index contributed by atoms with van der Waals surface area (Å²) in [6.45, 7) is 1.57. The normalized spacial score (nSPS) is 11.3. The minimum atomic E-state index is -0.766. The van der Waals surface area contributed by atoms with Crippen LogP contribution in [-0.2, 0) is 4.79 Å². The van der Waals surface area contributed by atoms with Crippen molar-refractivity contribution in [3.8, 4) is 0 Å². The third kappa shape index (κ3) is 4.82. The van der Waals surface area contributed by atoms with E-state index in [1.54, 1.807) is 43.3 Å². The van der Waals surface area contributed by atoms with Crippen molar-refractivity contribution in [1.29, 1.82) is 0 Å². The number of nitrogens with zero attached hydrogens (tertiary/aromatic N) is 1. The number of hydrogen-bond acceptors (Lipinski definition) is 5. The van der Waals surface area contributed by atoms with Crippen LogP contribution in [0.5, 0.6) is 0 Å². The van der Waals surface area contributed by atoms with Gasteiger partial charge in [-0.25, -0.2) is 0 Å². The van der Waals surface area contributed by atoms with Crippen LogP contribution in [0.4, 0.5) is 11.4 Å². The van der Waals surface area contributed by atoms with E-state index >= 15 is 0 Å². The summed E-state index contributed by atoms with van der Waals surface area (Å²) in [5.41, 5.74) is 1.82. The van der Waals surface area contributed by atoms with Crippen molar-refractivity contribution >= 4 is 29.1 Å². The minimum Gasteiger partial charge on any atom is -0.472 e. The van der Waals surface area contributed by atoms with Crippen LogP contribution in [0, 0.1) is 0 Å². The van der Waals surface area contributed by atoms with Crippen LogP contribution in [0.3, 0.4) is 0 Å². The van der Waals surface area contributed by atoms with Crippen LogP contribution >= 0.6 is 0 Å². The first-order chi connectivity index (χ1) is 13.5. The minimum absolute atomic E-state index is 0.286. The van der Waals surface area contributed by atoms with Gasteiger partial charge in [0.2, 0.25) is 5.91 Å². The molecule has 0 saturated heterocycles. The molecular weight excluding hydrogens is 360 g/mol. The number of nitrogens with one attached hydrogen (secondary N) is 3. The molecule has 8 nitrogen and oxygen atoms in total. The van der Waals surface area contributed by atoms with Crippen molar-refractivity contribution in [2.75, 3.05) is 10.6 Å². The lowest BCUT2D eigenvalue weighted by Crippen LogP contribution is -2.41. The molecule has 0 unspecified atom stereocenters. The van der Waals surface area contributed by atoms with Gasteiger partial charge in [0, 0.05) is 29.3 Å². The van der Waals surface area contributed by atoms with Gasteiger partial charge in [-0.1, -0.05) is 6.07 Å². The maximum atomic E-state index is 12.3. The largest absolute Gasteiger partial charge is 0.472 e. The summed E-state index contributed by atoms with van der Waals surface area (Å²) in [5, 5.41) is 8.05. The van der Waals surface area contributed by atoms with Gasteiger partial charge < -0.3 is 20.4 Å². The van der Waals surface area contributed by atoms with E-state index in [0.717, 1.165) is 0 Å². The molecule has 2 aromatic heterocycles. The van der Waals surface area contributed by atoms with E-state index in [4.69, 9.17) is 4.42 Å². The van der Waals surface area contributed by atoms with Crippen LogP contribution in [0.25, 0.3) is 0 Å². The average molecular weight is 378 g/mol. The molecule has 0 saturated carbocycles. The first kappa shape index (κ1) is 18.8. The Hall–Kier alpha value is -3.94. The smallest absolute Gasteiger partial charge is 0.255 e. The van der Waals surface area contributed by atoms with Gasteiger partial charge in [-0.15, -0.1) is 0 Å². The number of carbonyl (C=O) groups is 3. The highest BCUT2D eigenvalue weighted by Gasteiger charge is 2.17. The van der Waals surface area contributed by atoms with E-state index in [2.05, 4.69) is 20.9 Å². The number of rotatable bonds is 6. The molecule has 0 aliphatic heterocycles. The topological polar surface area (TPSA) is 113 Å². The second-order valence-corrected chi connectivity index (χ2v) is 5.97. The van der Waals surface area contributed by atoms with Crippen molar-refractivity contribution in [3.05, 3.63) is 78.5 Å². The van der Waals surface area contributed by atoms with E-state index in [0.29, 0.717) is 22.5 Å². The summed E-state index contributed by atoms with van der Waals surface area (Å²) in [6, 6.07) is 10.7. The molecule has 0 radical (unpaired) electrons. The molecule has 3 rings (SSSR count). The van der Waals surface area contributed by atoms with E-state index < -0.39 is 17.9 Å². The highest BCUT2D eigenvalue weighted by Crippen LogP contribution is 2.16. The van der Waals surface area contributed by atoms with Crippen molar-refractivity contribution in [2.45, 2.75) is 13.0 Å². The Kier molecular flexibility index (Phi) is 5.81. The highest BCUT2D eigenvalue weighted by molar-refractivity contribution is 6.05. The maximum absolute atomic E-state index is 12.3. The fraction of sp³-hybridized carbons (Fsp3) is 0.100. The van der Waals surface area contributed by atoms with Gasteiger partial charge >= 0.3 is 0 Å². The molecule has 0 aliphatic rings. The lowest BCUT2D eigenvalue weighted by Gasteiger charge is -2.14. The molecule has 2 heterocycles. The van der Waals surface area contributed by atoms with E-state index in [1.807, 2.05) is 0 Å². The number of anilines is 2. The fourth-order valence-electron chi connectivity index (χ4n) is 2.37. The van der Waals surface area contributed by atoms with Gasteiger partial charge in [-0.05, 0) is 43.3 Å². The summed E-state index contributed by atoms with van der Waals surface area (Å²) >= 11 is 0. The molecule has 0 fully saturated rings. The molecule has 0 aliphatic carbocycles. The van der Waals surface area contributed by atoms with Crippen molar-refractivity contribution in [3.63, 3.8) is 0 Å². The second kappa shape index (κ2) is 8.63. The number of pyridine rings is 1. The van der Waals surface area contributed by atoms with Crippen molar-refractivity contribution in [1.82, 2.24) is 10.3 Å². The summed E-state index contributed by atoms with van der Waals surface area (Å²) in [5.74, 6) is -1.09. The third-order valence-electron chi connectivity index (χ3n) is 3.85. The van der Waals surface area contributed by atoms with Gasteiger partial charge in [-0.3, -0.25) is 19.4 Å². The molecule has 28 heavy (non-hydrogen) atoms. The molecule has 142 valence electrons. The van der Waals surface area contributed by atoms with Gasteiger partial charge in [0.25, 0.3) is 11.8 Å². The maximum Gasteiger partial charge on any atom is 0.255 e. The van der Waals surface area contributed by atoms with E-state index in [9.17, 15) is 14.4 Å². The molecule has 0 bridgehead atoms. The van der Waals surface area contributed by atoms with Crippen LogP contribution in [0.2, 0.25) is 0 Å². The number of amides is 3. The van der Waals surface area contributed by atoms with Crippen LogP contribution in [-0.4, -0.2) is 28.7 Å². The monoisotopic (exact) mass is 378 g/mol. The molecule has 3 amide bonds. The predicted octanol–water partition coefficient (Wildman–Crippen LogP) is 2.68. The summed E-state index contributed by atoms with van der Waals surface area (Å²) < 4.78 is 4.85. The van der Waals surface area contributed by atoms with Gasteiger partial charge in [-0.2, -0.15) is 0 Å². The van der Waals surface area contributed by atoms with E-state index in [-0.39, 0.29) is 5.91 Å². The van der Waals surface area contributed by atoms with Crippen LogP contribution < -0.4 is 16.0 Å². The van der Waals surface area contributed by atoms with Gasteiger partial charge in [0.15, 0.2) is 0 Å². The van der Waals surface area contributed by atoms with Gasteiger partial charge in [0.05, 0.1) is 11.8 Å². The Balaban J connectivity index is 1.59. The number of hydrogen-bond donors (Lipinski definition) is 3. The average Bonchev–Trinajstić information content (AvgIpc) is 3.24. The Bertz CT molecular complexity index is 971. The highest BCUT2D eigenvalue weighted by atomic mass is 16.3. The van der Waals surface area contributed by atoms with Crippen molar-refractivity contribution in [2.24, 2.45) is 0 Å².